The summed E-state index contributed by atoms with van der Waals surface area (Å²) < 4.78 is 46.7. The van der Waals surface area contributed by atoms with Gasteiger partial charge in [0.25, 0.3) is 5.91 Å². The van der Waals surface area contributed by atoms with Gasteiger partial charge in [-0.05, 0) is 99.4 Å². The molecule has 16 heteroatoms. The van der Waals surface area contributed by atoms with Crippen LogP contribution in [0, 0.1) is 23.4 Å². The number of nitrogens with one attached hydrogen (secondary N) is 2. The number of hydrogen-bond donors (Lipinski definition) is 3. The molecule has 3 aromatic carbocycles. The zero-order valence-corrected chi connectivity index (χ0v) is 31.6. The van der Waals surface area contributed by atoms with Gasteiger partial charge in [-0.3, -0.25) is 38.4 Å². The molecule has 3 amide bonds. The quantitative estimate of drug-likeness (QED) is 0.136. The molecule has 300 valence electrons. The van der Waals surface area contributed by atoms with Crippen LogP contribution in [0.3, 0.4) is 0 Å². The minimum absolute atomic E-state index is 0.128. The van der Waals surface area contributed by atoms with Crippen molar-refractivity contribution in [2.45, 2.75) is 63.5 Å². The summed E-state index contributed by atoms with van der Waals surface area (Å²) in [4.78, 5) is 54.6. The van der Waals surface area contributed by atoms with E-state index in [4.69, 9.17) is 5.10 Å². The summed E-state index contributed by atoms with van der Waals surface area (Å²) in [5, 5.41) is 20.2. The van der Waals surface area contributed by atoms with Crippen molar-refractivity contribution in [1.82, 2.24) is 34.4 Å². The number of benzene rings is 3. The number of rotatable bonds is 10. The third-order valence-electron chi connectivity index (χ3n) is 12.0. The average molecular weight is 787 g/mol. The molecule has 13 nitrogen and oxygen atoms in total. The lowest BCUT2D eigenvalue weighted by molar-refractivity contribution is -0.135. The van der Waals surface area contributed by atoms with Crippen LogP contribution in [0.5, 0.6) is 5.75 Å². The van der Waals surface area contributed by atoms with Crippen molar-refractivity contribution in [2.24, 2.45) is 13.0 Å². The molecule has 3 aliphatic rings. The lowest BCUT2D eigenvalue weighted by Crippen LogP contribution is -2.46. The second-order valence-electron chi connectivity index (χ2n) is 15.6. The van der Waals surface area contributed by atoms with Crippen molar-refractivity contribution in [2.75, 3.05) is 44.2 Å². The molecule has 0 bridgehead atoms. The fraction of sp³-hybridized carbons (Fsp3) is 0.439. The summed E-state index contributed by atoms with van der Waals surface area (Å²) in [7, 11) is 1.71. The number of hydrogen-bond acceptors (Lipinski definition) is 8. The van der Waals surface area contributed by atoms with E-state index in [2.05, 4.69) is 44.8 Å². The van der Waals surface area contributed by atoms with Crippen LogP contribution in [0.1, 0.15) is 73.0 Å². The van der Waals surface area contributed by atoms with E-state index in [1.165, 1.54) is 4.57 Å². The van der Waals surface area contributed by atoms with E-state index < -0.39 is 46.6 Å². The number of halogens is 3. The molecule has 1 aliphatic carbocycles. The number of piperazine rings is 1. The largest absolute Gasteiger partial charge is 0.503 e. The summed E-state index contributed by atoms with van der Waals surface area (Å²) in [6.45, 7) is 4.89. The number of amides is 3. The molecule has 0 spiro atoms. The maximum Gasteiger partial charge on any atom is 0.329 e. The molecule has 57 heavy (non-hydrogen) atoms. The van der Waals surface area contributed by atoms with Gasteiger partial charge in [-0.15, -0.1) is 0 Å². The Bertz CT molecular complexity index is 2430. The second-order valence-corrected chi connectivity index (χ2v) is 15.6. The highest BCUT2D eigenvalue weighted by atomic mass is 19.2. The maximum absolute atomic E-state index is 14.1. The number of fused-ring (bicyclic) bond motifs is 2. The molecule has 2 aliphatic heterocycles. The van der Waals surface area contributed by atoms with Crippen molar-refractivity contribution in [3.8, 4) is 5.75 Å². The SMILES string of the molecule is Cn1c(=O)n(C2CCC(=O)NC2=O)c2ccc(CCCN3CCN(c4ccc5cn(C6CCC(CNC(=O)c7cc(F)c(O)c(F)c7F)CC6)nc5c4)CC3)cc21. The van der Waals surface area contributed by atoms with Crippen molar-refractivity contribution < 1.29 is 32.7 Å². The predicted molar refractivity (Wildman–Crippen MR) is 207 cm³/mol. The van der Waals surface area contributed by atoms with Crippen LogP contribution in [0.15, 0.2) is 53.5 Å². The fourth-order valence-corrected chi connectivity index (χ4v) is 8.63. The molecular formula is C41H45F3N8O5. The average Bonchev–Trinajstić information content (AvgIpc) is 3.75. The van der Waals surface area contributed by atoms with Crippen LogP contribution < -0.4 is 21.2 Å². The summed E-state index contributed by atoms with van der Waals surface area (Å²) >= 11 is 0. The van der Waals surface area contributed by atoms with Crippen LogP contribution in [0.25, 0.3) is 21.9 Å². The van der Waals surface area contributed by atoms with Crippen molar-refractivity contribution in [1.29, 1.82) is 0 Å². The molecule has 2 saturated heterocycles. The highest BCUT2D eigenvalue weighted by molar-refractivity contribution is 6.00. The Balaban J connectivity index is 0.800. The number of carbonyl (C=O) groups excluding carboxylic acids is 3. The van der Waals surface area contributed by atoms with Crippen LogP contribution in [-0.4, -0.2) is 85.9 Å². The summed E-state index contributed by atoms with van der Waals surface area (Å²) in [6.07, 6.45) is 7.70. The predicted octanol–water partition coefficient (Wildman–Crippen LogP) is 4.71. The van der Waals surface area contributed by atoms with Gasteiger partial charge in [0.15, 0.2) is 17.4 Å². The lowest BCUT2D eigenvalue weighted by Gasteiger charge is -2.36. The van der Waals surface area contributed by atoms with E-state index in [1.54, 1.807) is 11.6 Å². The van der Waals surface area contributed by atoms with Gasteiger partial charge in [-0.25, -0.2) is 13.6 Å². The molecule has 0 radical (unpaired) electrons. The highest BCUT2D eigenvalue weighted by Crippen LogP contribution is 2.34. The zero-order valence-electron chi connectivity index (χ0n) is 31.6. The maximum atomic E-state index is 14.1. The first-order valence-electron chi connectivity index (χ1n) is 19.6. The second kappa shape index (κ2) is 15.7. The Hall–Kier alpha value is -5.64. The van der Waals surface area contributed by atoms with Gasteiger partial charge in [0.2, 0.25) is 17.6 Å². The number of piperidine rings is 1. The molecule has 1 unspecified atom stereocenters. The molecule has 2 aromatic heterocycles. The highest BCUT2D eigenvalue weighted by Gasteiger charge is 2.32. The number of carbonyl (C=O) groups is 3. The number of aryl methyl sites for hydroxylation is 2. The van der Waals surface area contributed by atoms with Gasteiger partial charge in [-0.2, -0.15) is 9.49 Å². The Labute approximate surface area is 326 Å². The number of imide groups is 1. The number of phenols is 1. The van der Waals surface area contributed by atoms with Crippen molar-refractivity contribution in [3.63, 3.8) is 0 Å². The van der Waals surface area contributed by atoms with Gasteiger partial charge in [0.1, 0.15) is 6.04 Å². The van der Waals surface area contributed by atoms with Gasteiger partial charge in [0.05, 0.1) is 28.2 Å². The van der Waals surface area contributed by atoms with Crippen molar-refractivity contribution >= 4 is 45.3 Å². The van der Waals surface area contributed by atoms with Crippen LogP contribution in [0.4, 0.5) is 18.9 Å². The molecule has 1 saturated carbocycles. The minimum atomic E-state index is -1.78. The number of imidazole rings is 1. The van der Waals surface area contributed by atoms with E-state index in [0.717, 1.165) is 98.9 Å². The molecular weight excluding hydrogens is 741 g/mol. The van der Waals surface area contributed by atoms with Crippen LogP contribution >= 0.6 is 0 Å². The minimum Gasteiger partial charge on any atom is -0.503 e. The third kappa shape index (κ3) is 7.62. The number of aromatic hydroxyl groups is 1. The standard InChI is InChI=1S/C41H45F3N8O5/c1-48-34-19-24(6-11-32(34)52(41(48)57)33-12-13-35(53)46-40(33)56)3-2-14-49-15-17-50(18-16-49)28-10-7-26-23-51(47-31(26)20-28)27-8-4-25(5-9-27)22-45-39(55)29-21-30(42)38(54)37(44)36(29)43/h6-7,10-11,19-21,23,25,27,33,54H,2-5,8-9,12-18,22H2,1H3,(H,45,55)(H,46,53,56). The first-order valence-corrected chi connectivity index (χ1v) is 19.6. The van der Waals surface area contributed by atoms with Crippen LogP contribution in [-0.2, 0) is 23.1 Å². The molecule has 4 heterocycles. The Kier molecular flexibility index (Phi) is 10.5. The summed E-state index contributed by atoms with van der Waals surface area (Å²) in [5.41, 5.74) is 3.63. The van der Waals surface area contributed by atoms with E-state index in [9.17, 15) is 37.5 Å². The smallest absolute Gasteiger partial charge is 0.329 e. The Morgan fingerprint density at radius 3 is 2.46 bits per heavy atom. The van der Waals surface area contributed by atoms with Gasteiger partial charge < -0.3 is 15.3 Å². The van der Waals surface area contributed by atoms with Gasteiger partial charge in [0, 0.05) is 63.5 Å². The number of aromatic nitrogens is 4. The third-order valence-corrected chi connectivity index (χ3v) is 12.0. The van der Waals surface area contributed by atoms with Crippen LogP contribution in [0.2, 0.25) is 0 Å². The molecule has 3 fully saturated rings. The van der Waals surface area contributed by atoms with Gasteiger partial charge >= 0.3 is 5.69 Å². The first kappa shape index (κ1) is 38.2. The summed E-state index contributed by atoms with van der Waals surface area (Å²) in [5.74, 6) is -7.74. The number of anilines is 1. The van der Waals surface area contributed by atoms with E-state index in [1.807, 2.05) is 22.9 Å². The molecule has 3 N–H and O–H groups in total. The number of phenolic OH excluding ortho intramolecular Hbond substituents is 1. The molecule has 8 rings (SSSR count). The summed E-state index contributed by atoms with van der Waals surface area (Å²) in [6, 6.07) is 12.4. The lowest BCUT2D eigenvalue weighted by atomic mass is 9.86. The normalized spacial score (nSPS) is 20.7. The molecule has 5 aromatic rings. The zero-order chi connectivity index (χ0) is 40.0. The first-order chi connectivity index (χ1) is 27.4. The Morgan fingerprint density at radius 2 is 1.70 bits per heavy atom. The van der Waals surface area contributed by atoms with Gasteiger partial charge in [-0.1, -0.05) is 6.07 Å². The number of nitrogens with zero attached hydrogens (tertiary/aromatic N) is 6. The van der Waals surface area contributed by atoms with E-state index >= 15 is 0 Å². The monoisotopic (exact) mass is 786 g/mol. The fourth-order valence-electron chi connectivity index (χ4n) is 8.63. The molecule has 1 atom stereocenters. The van der Waals surface area contributed by atoms with Crippen molar-refractivity contribution in [3.05, 3.63) is 87.7 Å². The van der Waals surface area contributed by atoms with E-state index in [0.29, 0.717) is 18.0 Å². The van der Waals surface area contributed by atoms with E-state index in [-0.39, 0.29) is 36.5 Å². The topological polar surface area (TPSA) is 147 Å². The Morgan fingerprint density at radius 1 is 0.930 bits per heavy atom.